The Bertz CT molecular complexity index is 347. The Labute approximate surface area is 99.8 Å². The van der Waals surface area contributed by atoms with Gasteiger partial charge in [-0.15, -0.1) is 0 Å². The third-order valence-corrected chi connectivity index (χ3v) is 3.12. The van der Waals surface area contributed by atoms with Crippen molar-refractivity contribution < 1.29 is 4.43 Å². The molecular weight excluding hydrogens is 216 g/mol. The normalized spacial score (nSPS) is 14.1. The lowest BCUT2D eigenvalue weighted by Crippen LogP contribution is -2.26. The highest BCUT2D eigenvalue weighted by Gasteiger charge is 2.28. The van der Waals surface area contributed by atoms with Crippen LogP contribution < -0.4 is 5.73 Å². The minimum Gasteiger partial charge on any atom is -0.413 e. The largest absolute Gasteiger partial charge is 0.413 e. The molecule has 1 heterocycles. The molecule has 1 unspecified atom stereocenters. The Morgan fingerprint density at radius 2 is 2.00 bits per heavy atom. The van der Waals surface area contributed by atoms with Crippen molar-refractivity contribution in [3.8, 4) is 0 Å². The van der Waals surface area contributed by atoms with Crippen LogP contribution in [-0.2, 0) is 4.43 Å². The van der Waals surface area contributed by atoms with Crippen molar-refractivity contribution >= 4 is 14.9 Å². The zero-order valence-electron chi connectivity index (χ0n) is 10.8. The van der Waals surface area contributed by atoms with Crippen molar-refractivity contribution in [3.05, 3.63) is 23.9 Å². The van der Waals surface area contributed by atoms with Crippen LogP contribution in [0.3, 0.4) is 0 Å². The molecule has 0 bridgehead atoms. The first-order valence-corrected chi connectivity index (χ1v) is 8.45. The van der Waals surface area contributed by atoms with Crippen molar-refractivity contribution in [2.45, 2.75) is 40.0 Å². The molecule has 3 nitrogen and oxygen atoms in total. The van der Waals surface area contributed by atoms with Crippen molar-refractivity contribution in [2.24, 2.45) is 5.41 Å². The Hall–Kier alpha value is -0.873. The zero-order valence-corrected chi connectivity index (χ0v) is 12.0. The van der Waals surface area contributed by atoms with Crippen LogP contribution >= 0.6 is 0 Å². The molecule has 0 aliphatic rings. The Kier molecular flexibility index (Phi) is 4.10. The van der Waals surface area contributed by atoms with E-state index < -0.39 is 9.04 Å². The molecule has 0 aromatic carbocycles. The first-order valence-electron chi connectivity index (χ1n) is 5.67. The van der Waals surface area contributed by atoms with E-state index in [-0.39, 0.29) is 11.5 Å². The highest BCUT2D eigenvalue weighted by atomic mass is 28.3. The van der Waals surface area contributed by atoms with Gasteiger partial charge in [0, 0.05) is 6.20 Å². The van der Waals surface area contributed by atoms with Crippen LogP contribution in [-0.4, -0.2) is 14.0 Å². The minimum absolute atomic E-state index is 0.0745. The number of anilines is 1. The van der Waals surface area contributed by atoms with Gasteiger partial charge >= 0.3 is 0 Å². The number of nitrogen functional groups attached to an aromatic ring is 1. The number of nitrogens with zero attached hydrogens (tertiary/aromatic N) is 1. The molecule has 2 N–H and O–H groups in total. The molecule has 1 rings (SSSR count). The van der Waals surface area contributed by atoms with Crippen molar-refractivity contribution in [3.63, 3.8) is 0 Å². The Morgan fingerprint density at radius 1 is 1.38 bits per heavy atom. The minimum atomic E-state index is -1.07. The van der Waals surface area contributed by atoms with E-state index in [0.29, 0.717) is 5.82 Å². The lowest BCUT2D eigenvalue weighted by molar-refractivity contribution is 0.0866. The molecule has 4 heteroatoms. The predicted octanol–water partition coefficient (Wildman–Crippen LogP) is 2.75. The van der Waals surface area contributed by atoms with Crippen molar-refractivity contribution in [2.75, 3.05) is 5.73 Å². The molecule has 16 heavy (non-hydrogen) atoms. The van der Waals surface area contributed by atoms with Crippen LogP contribution in [0.5, 0.6) is 0 Å². The number of nitrogens with two attached hydrogens (primary N) is 1. The Balaban J connectivity index is 3.01. The third-order valence-electron chi connectivity index (χ3n) is 2.30. The second-order valence-corrected chi connectivity index (χ2v) is 7.81. The monoisotopic (exact) mass is 238 g/mol. The first kappa shape index (κ1) is 13.2. The van der Waals surface area contributed by atoms with Gasteiger partial charge in [-0.05, 0) is 36.2 Å². The van der Waals surface area contributed by atoms with Gasteiger partial charge in [0.1, 0.15) is 5.82 Å². The van der Waals surface area contributed by atoms with E-state index in [4.69, 9.17) is 10.2 Å². The Morgan fingerprint density at radius 3 is 2.44 bits per heavy atom. The zero-order chi connectivity index (χ0) is 12.3. The number of pyridine rings is 1. The maximum atomic E-state index is 6.11. The third kappa shape index (κ3) is 3.61. The van der Waals surface area contributed by atoms with Crippen LogP contribution in [0.15, 0.2) is 18.3 Å². The molecule has 0 aliphatic carbocycles. The summed E-state index contributed by atoms with van der Waals surface area (Å²) in [7, 11) is -1.07. The fourth-order valence-electron chi connectivity index (χ4n) is 1.68. The average molecular weight is 238 g/mol. The van der Waals surface area contributed by atoms with E-state index in [1.54, 1.807) is 6.20 Å². The van der Waals surface area contributed by atoms with E-state index in [9.17, 15) is 0 Å². The summed E-state index contributed by atoms with van der Waals surface area (Å²) in [6.45, 7) is 10.9. The van der Waals surface area contributed by atoms with Gasteiger partial charge in [-0.2, -0.15) is 0 Å². The number of hydrogen-bond donors (Lipinski definition) is 1. The quantitative estimate of drug-likeness (QED) is 0.824. The summed E-state index contributed by atoms with van der Waals surface area (Å²) >= 11 is 0. The molecule has 90 valence electrons. The van der Waals surface area contributed by atoms with Gasteiger partial charge in [0.2, 0.25) is 0 Å². The average Bonchev–Trinajstić information content (AvgIpc) is 2.12. The summed E-state index contributed by atoms with van der Waals surface area (Å²) in [6, 6.07) is 3.90. The highest BCUT2D eigenvalue weighted by molar-refractivity contribution is 6.48. The summed E-state index contributed by atoms with van der Waals surface area (Å²) in [5.74, 6) is 0.556. The molecule has 0 amide bonds. The van der Waals surface area contributed by atoms with E-state index in [1.165, 1.54) is 0 Å². The maximum absolute atomic E-state index is 6.11. The van der Waals surface area contributed by atoms with E-state index in [2.05, 4.69) is 38.8 Å². The topological polar surface area (TPSA) is 48.1 Å². The fraction of sp³-hybridized carbons (Fsp3) is 0.583. The van der Waals surface area contributed by atoms with Gasteiger partial charge in [-0.3, -0.25) is 0 Å². The summed E-state index contributed by atoms with van der Waals surface area (Å²) < 4.78 is 6.11. The number of hydrogen-bond acceptors (Lipinski definition) is 3. The first-order chi connectivity index (χ1) is 7.30. The molecule has 1 atom stereocenters. The molecule has 1 aromatic rings. The molecular formula is C12H22N2OSi. The summed E-state index contributed by atoms with van der Waals surface area (Å²) in [6.07, 6.45) is 1.85. The summed E-state index contributed by atoms with van der Waals surface area (Å²) in [5, 5.41) is 0. The molecule has 0 saturated carbocycles. The maximum Gasteiger partial charge on any atom is 0.171 e. The van der Waals surface area contributed by atoms with Crippen LogP contribution in [0.4, 0.5) is 5.82 Å². The standard InChI is InChI=1S/C12H22N2OSi/c1-12(2,3)11(15-16(4)5)9-6-7-14-10(13)8-9/h6-8,11,16H,1-5H3,(H2,13,14). The fourth-order valence-corrected chi connectivity index (χ4v) is 2.79. The summed E-state index contributed by atoms with van der Waals surface area (Å²) in [4.78, 5) is 4.02. The molecule has 0 spiro atoms. The van der Waals surface area contributed by atoms with Gasteiger partial charge < -0.3 is 10.2 Å². The van der Waals surface area contributed by atoms with Crippen molar-refractivity contribution in [1.82, 2.24) is 4.98 Å². The van der Waals surface area contributed by atoms with Crippen LogP contribution in [0, 0.1) is 5.41 Å². The van der Waals surface area contributed by atoms with Gasteiger partial charge in [0.25, 0.3) is 0 Å². The van der Waals surface area contributed by atoms with Gasteiger partial charge in [0.15, 0.2) is 9.04 Å². The smallest absolute Gasteiger partial charge is 0.171 e. The van der Waals surface area contributed by atoms with Crippen LogP contribution in [0.2, 0.25) is 13.1 Å². The molecule has 0 radical (unpaired) electrons. The second-order valence-electron chi connectivity index (χ2n) is 5.44. The lowest BCUT2D eigenvalue weighted by Gasteiger charge is -2.33. The van der Waals surface area contributed by atoms with Crippen LogP contribution in [0.1, 0.15) is 32.4 Å². The SMILES string of the molecule is C[SiH](C)OC(c1ccnc(N)c1)C(C)(C)C. The molecule has 0 saturated heterocycles. The van der Waals surface area contributed by atoms with Gasteiger partial charge in [0.05, 0.1) is 6.10 Å². The molecule has 0 fully saturated rings. The highest BCUT2D eigenvalue weighted by Crippen LogP contribution is 2.36. The van der Waals surface area contributed by atoms with Gasteiger partial charge in [-0.25, -0.2) is 4.98 Å². The number of aromatic nitrogens is 1. The summed E-state index contributed by atoms with van der Waals surface area (Å²) in [5.41, 5.74) is 6.92. The van der Waals surface area contributed by atoms with E-state index in [0.717, 1.165) is 5.56 Å². The van der Waals surface area contributed by atoms with E-state index >= 15 is 0 Å². The lowest BCUT2D eigenvalue weighted by atomic mass is 9.85. The van der Waals surface area contributed by atoms with E-state index in [1.807, 2.05) is 12.1 Å². The predicted molar refractivity (Wildman–Crippen MR) is 70.8 cm³/mol. The van der Waals surface area contributed by atoms with Crippen LogP contribution in [0.25, 0.3) is 0 Å². The second kappa shape index (κ2) is 4.97. The van der Waals surface area contributed by atoms with Crippen molar-refractivity contribution in [1.29, 1.82) is 0 Å². The number of rotatable bonds is 3. The molecule has 1 aromatic heterocycles. The van der Waals surface area contributed by atoms with Gasteiger partial charge in [-0.1, -0.05) is 20.8 Å². The molecule has 0 aliphatic heterocycles.